The summed E-state index contributed by atoms with van der Waals surface area (Å²) >= 11 is 12.0. The van der Waals surface area contributed by atoms with E-state index in [-0.39, 0.29) is 5.91 Å². The van der Waals surface area contributed by atoms with Crippen molar-refractivity contribution in [1.82, 2.24) is 5.32 Å². The maximum atomic E-state index is 12.2. The molecule has 2 aromatic carbocycles. The maximum Gasteiger partial charge on any atom is 0.257 e. The summed E-state index contributed by atoms with van der Waals surface area (Å²) in [4.78, 5) is 23.8. The summed E-state index contributed by atoms with van der Waals surface area (Å²) in [6.07, 6.45) is 0. The number of carbonyl (C=O) groups is 2. The van der Waals surface area contributed by atoms with Gasteiger partial charge in [0.1, 0.15) is 0 Å². The lowest BCUT2D eigenvalue weighted by atomic mass is 10.1. The van der Waals surface area contributed by atoms with Crippen LogP contribution < -0.4 is 10.6 Å². The maximum absolute atomic E-state index is 12.2. The van der Waals surface area contributed by atoms with Gasteiger partial charge in [0, 0.05) is 12.6 Å². The molecule has 0 heterocycles. The van der Waals surface area contributed by atoms with Gasteiger partial charge in [-0.25, -0.2) is 0 Å². The summed E-state index contributed by atoms with van der Waals surface area (Å²) in [5.41, 5.74) is 1.08. The second-order valence-electron chi connectivity index (χ2n) is 4.21. The molecule has 0 aliphatic rings. The number of amides is 2. The Hall–Kier alpha value is -2.04. The minimum atomic E-state index is -0.392. The topological polar surface area (TPSA) is 58.2 Å². The number of nitrogens with one attached hydrogen (secondary N) is 2. The van der Waals surface area contributed by atoms with Crippen LogP contribution in [0.4, 0.5) is 5.69 Å². The number of carbonyl (C=O) groups excluding carboxylic acids is 2. The van der Waals surface area contributed by atoms with Crippen molar-refractivity contribution in [3.05, 3.63) is 63.6 Å². The summed E-state index contributed by atoms with van der Waals surface area (Å²) in [6.45, 7) is 0. The normalized spacial score (nSPS) is 10.0. The van der Waals surface area contributed by atoms with Crippen molar-refractivity contribution in [2.75, 3.05) is 12.4 Å². The molecule has 0 aromatic heterocycles. The van der Waals surface area contributed by atoms with Gasteiger partial charge in [0.25, 0.3) is 11.8 Å². The molecule has 0 aliphatic carbocycles. The Bertz CT molecular complexity index is 702. The first kappa shape index (κ1) is 15.4. The molecule has 2 N–H and O–H groups in total. The Morgan fingerprint density at radius 2 is 1.67 bits per heavy atom. The van der Waals surface area contributed by atoms with Gasteiger partial charge in [-0.15, -0.1) is 0 Å². The Morgan fingerprint density at radius 1 is 0.952 bits per heavy atom. The van der Waals surface area contributed by atoms with E-state index in [1.54, 1.807) is 36.4 Å². The molecule has 0 bridgehead atoms. The summed E-state index contributed by atoms with van der Waals surface area (Å²) in [7, 11) is 1.53. The smallest absolute Gasteiger partial charge is 0.257 e. The van der Waals surface area contributed by atoms with Crippen molar-refractivity contribution in [1.29, 1.82) is 0 Å². The second kappa shape index (κ2) is 6.61. The summed E-state index contributed by atoms with van der Waals surface area (Å²) in [6, 6.07) is 11.3. The molecule has 2 amide bonds. The predicted molar refractivity (Wildman–Crippen MR) is 84.2 cm³/mol. The fourth-order valence-electron chi connectivity index (χ4n) is 1.74. The lowest BCUT2D eigenvalue weighted by molar-refractivity contribution is 0.0961. The molecular weight excluding hydrogens is 311 g/mol. The Kier molecular flexibility index (Phi) is 4.83. The van der Waals surface area contributed by atoms with E-state index < -0.39 is 5.91 Å². The van der Waals surface area contributed by atoms with Crippen LogP contribution >= 0.6 is 23.2 Å². The molecule has 4 nitrogen and oxygen atoms in total. The number of halogens is 2. The van der Waals surface area contributed by atoms with E-state index in [2.05, 4.69) is 10.6 Å². The van der Waals surface area contributed by atoms with Gasteiger partial charge < -0.3 is 10.6 Å². The van der Waals surface area contributed by atoms with E-state index >= 15 is 0 Å². The first-order valence-electron chi connectivity index (χ1n) is 6.10. The van der Waals surface area contributed by atoms with Gasteiger partial charge in [0.2, 0.25) is 0 Å². The third-order valence-electron chi connectivity index (χ3n) is 2.82. The van der Waals surface area contributed by atoms with Crippen LogP contribution in [-0.2, 0) is 0 Å². The third kappa shape index (κ3) is 3.54. The van der Waals surface area contributed by atoms with E-state index in [0.29, 0.717) is 26.9 Å². The van der Waals surface area contributed by atoms with Crippen LogP contribution in [0.1, 0.15) is 20.7 Å². The molecule has 2 aromatic rings. The zero-order valence-electron chi connectivity index (χ0n) is 11.1. The summed E-state index contributed by atoms with van der Waals surface area (Å²) in [5, 5.41) is 5.84. The standard InChI is InChI=1S/C15H12Cl2N2O2/c1-18-14(20)9-6-7-12(17)13(8-9)19-15(21)10-4-2-3-5-11(10)16/h2-8H,1H3,(H,18,20)(H,19,21). The van der Waals surface area contributed by atoms with Crippen LogP contribution in [0.25, 0.3) is 0 Å². The lowest BCUT2D eigenvalue weighted by Crippen LogP contribution is -2.18. The van der Waals surface area contributed by atoms with Gasteiger partial charge >= 0.3 is 0 Å². The second-order valence-corrected chi connectivity index (χ2v) is 5.02. The van der Waals surface area contributed by atoms with E-state index in [9.17, 15) is 9.59 Å². The molecule has 0 aliphatic heterocycles. The number of hydrogen-bond acceptors (Lipinski definition) is 2. The predicted octanol–water partition coefficient (Wildman–Crippen LogP) is 3.61. The molecule has 0 spiro atoms. The lowest BCUT2D eigenvalue weighted by Gasteiger charge is -2.10. The fourth-order valence-corrected chi connectivity index (χ4v) is 2.13. The van der Waals surface area contributed by atoms with E-state index in [1.807, 2.05) is 0 Å². The molecule has 0 saturated heterocycles. The number of benzene rings is 2. The monoisotopic (exact) mass is 322 g/mol. The van der Waals surface area contributed by atoms with Crippen LogP contribution in [0.2, 0.25) is 10.0 Å². The number of hydrogen-bond donors (Lipinski definition) is 2. The molecule has 0 fully saturated rings. The van der Waals surface area contributed by atoms with Gasteiger partial charge in [0.05, 0.1) is 21.3 Å². The highest BCUT2D eigenvalue weighted by atomic mass is 35.5. The first-order chi connectivity index (χ1) is 10.0. The quantitative estimate of drug-likeness (QED) is 0.907. The zero-order chi connectivity index (χ0) is 15.4. The third-order valence-corrected chi connectivity index (χ3v) is 3.48. The van der Waals surface area contributed by atoms with Gasteiger partial charge in [-0.1, -0.05) is 35.3 Å². The number of anilines is 1. The van der Waals surface area contributed by atoms with Crippen LogP contribution in [0.3, 0.4) is 0 Å². The van der Waals surface area contributed by atoms with Crippen molar-refractivity contribution in [3.63, 3.8) is 0 Å². The van der Waals surface area contributed by atoms with E-state index in [0.717, 1.165) is 0 Å². The molecule has 0 unspecified atom stereocenters. The van der Waals surface area contributed by atoms with Crippen molar-refractivity contribution in [2.24, 2.45) is 0 Å². The summed E-state index contributed by atoms with van der Waals surface area (Å²) < 4.78 is 0. The van der Waals surface area contributed by atoms with Crippen LogP contribution in [0.5, 0.6) is 0 Å². The molecule has 6 heteroatoms. The molecule has 0 saturated carbocycles. The van der Waals surface area contributed by atoms with Gasteiger partial charge in [-0.3, -0.25) is 9.59 Å². The van der Waals surface area contributed by atoms with E-state index in [1.165, 1.54) is 13.1 Å². The summed E-state index contributed by atoms with van der Waals surface area (Å²) in [5.74, 6) is -0.656. The number of rotatable bonds is 3. The molecule has 21 heavy (non-hydrogen) atoms. The Balaban J connectivity index is 2.29. The Morgan fingerprint density at radius 3 is 2.33 bits per heavy atom. The van der Waals surface area contributed by atoms with Crippen molar-refractivity contribution in [3.8, 4) is 0 Å². The molecule has 0 atom stereocenters. The zero-order valence-corrected chi connectivity index (χ0v) is 12.6. The first-order valence-corrected chi connectivity index (χ1v) is 6.86. The van der Waals surface area contributed by atoms with Gasteiger partial charge in [-0.05, 0) is 30.3 Å². The molecular formula is C15H12Cl2N2O2. The van der Waals surface area contributed by atoms with Gasteiger partial charge in [-0.2, -0.15) is 0 Å². The van der Waals surface area contributed by atoms with Crippen molar-refractivity contribution >= 4 is 40.7 Å². The Labute approximate surface area is 132 Å². The van der Waals surface area contributed by atoms with Crippen molar-refractivity contribution in [2.45, 2.75) is 0 Å². The highest BCUT2D eigenvalue weighted by Gasteiger charge is 2.13. The van der Waals surface area contributed by atoms with Gasteiger partial charge in [0.15, 0.2) is 0 Å². The largest absolute Gasteiger partial charge is 0.355 e. The minimum absolute atomic E-state index is 0.264. The molecule has 2 rings (SSSR count). The fraction of sp³-hybridized carbons (Fsp3) is 0.0667. The van der Waals surface area contributed by atoms with Crippen LogP contribution in [0.15, 0.2) is 42.5 Å². The molecule has 108 valence electrons. The van der Waals surface area contributed by atoms with Crippen molar-refractivity contribution < 1.29 is 9.59 Å². The van der Waals surface area contributed by atoms with E-state index in [4.69, 9.17) is 23.2 Å². The highest BCUT2D eigenvalue weighted by molar-refractivity contribution is 6.36. The SMILES string of the molecule is CNC(=O)c1ccc(Cl)c(NC(=O)c2ccccc2Cl)c1. The average Bonchev–Trinajstić information content (AvgIpc) is 2.49. The highest BCUT2D eigenvalue weighted by Crippen LogP contribution is 2.25. The van der Waals surface area contributed by atoms with Crippen LogP contribution in [-0.4, -0.2) is 18.9 Å². The van der Waals surface area contributed by atoms with Crippen LogP contribution in [0, 0.1) is 0 Å². The minimum Gasteiger partial charge on any atom is -0.355 e. The molecule has 0 radical (unpaired) electrons. The average molecular weight is 323 g/mol.